The van der Waals surface area contributed by atoms with E-state index >= 15 is 0 Å². The summed E-state index contributed by atoms with van der Waals surface area (Å²) in [5.74, 6) is 1.63. The molecule has 0 spiro atoms. The van der Waals surface area contributed by atoms with Gasteiger partial charge < -0.3 is 10.1 Å². The van der Waals surface area contributed by atoms with Crippen LogP contribution >= 0.6 is 11.3 Å². The Morgan fingerprint density at radius 1 is 1.26 bits per heavy atom. The van der Waals surface area contributed by atoms with E-state index in [-0.39, 0.29) is 0 Å². The van der Waals surface area contributed by atoms with Gasteiger partial charge in [-0.1, -0.05) is 0 Å². The maximum atomic E-state index is 5.49. The van der Waals surface area contributed by atoms with Crippen LogP contribution in [0.25, 0.3) is 10.2 Å². The summed E-state index contributed by atoms with van der Waals surface area (Å²) < 4.78 is 5.49. The van der Waals surface area contributed by atoms with Gasteiger partial charge in [0.15, 0.2) is 5.82 Å². The zero-order valence-electron chi connectivity index (χ0n) is 12.4. The molecule has 0 saturated heterocycles. The third-order valence-corrected chi connectivity index (χ3v) is 4.52. The van der Waals surface area contributed by atoms with Crippen molar-refractivity contribution < 1.29 is 4.74 Å². The fraction of sp³-hybridized carbons (Fsp3) is 0.571. The summed E-state index contributed by atoms with van der Waals surface area (Å²) in [6.45, 7) is 11.1. The average molecular weight is 279 g/mol. The minimum atomic E-state index is -0.482. The van der Waals surface area contributed by atoms with Gasteiger partial charge in [0, 0.05) is 18.5 Å². The lowest BCUT2D eigenvalue weighted by atomic mass is 10.1. The molecule has 0 unspecified atom stereocenters. The van der Waals surface area contributed by atoms with Gasteiger partial charge in [0.25, 0.3) is 0 Å². The second-order valence-corrected chi connectivity index (χ2v) is 6.31. The lowest BCUT2D eigenvalue weighted by Crippen LogP contribution is -2.23. The molecule has 0 aromatic carbocycles. The maximum absolute atomic E-state index is 5.49. The lowest BCUT2D eigenvalue weighted by molar-refractivity contribution is 0.0119. The van der Waals surface area contributed by atoms with E-state index in [1.165, 1.54) is 10.4 Å². The standard InChI is InChI=1S/C14H21N3OS/c1-7-15-11-10-8(2)9(3)19-12(10)17-13(16-11)14(4,5)18-6/h7H2,1-6H3,(H,15,16,17). The van der Waals surface area contributed by atoms with Crippen LogP contribution in [0.15, 0.2) is 0 Å². The van der Waals surface area contributed by atoms with Crippen molar-refractivity contribution in [3.05, 3.63) is 16.3 Å². The molecule has 0 amide bonds. The van der Waals surface area contributed by atoms with Crippen LogP contribution in [-0.2, 0) is 10.3 Å². The van der Waals surface area contributed by atoms with Crippen molar-refractivity contribution >= 4 is 27.4 Å². The SMILES string of the molecule is CCNc1nc(C(C)(C)OC)nc2sc(C)c(C)c12. The smallest absolute Gasteiger partial charge is 0.163 e. The molecule has 4 nitrogen and oxygen atoms in total. The molecule has 1 N–H and O–H groups in total. The average Bonchev–Trinajstić information content (AvgIpc) is 2.65. The number of rotatable bonds is 4. The van der Waals surface area contributed by atoms with Crippen molar-refractivity contribution in [1.29, 1.82) is 0 Å². The number of fused-ring (bicyclic) bond motifs is 1. The monoisotopic (exact) mass is 279 g/mol. The zero-order valence-corrected chi connectivity index (χ0v) is 13.2. The second-order valence-electron chi connectivity index (χ2n) is 5.10. The number of anilines is 1. The van der Waals surface area contributed by atoms with Crippen LogP contribution < -0.4 is 5.32 Å². The summed E-state index contributed by atoms with van der Waals surface area (Å²) in [6, 6.07) is 0. The molecule has 2 aromatic heterocycles. The number of aromatic nitrogens is 2. The topological polar surface area (TPSA) is 47.0 Å². The number of hydrogen-bond acceptors (Lipinski definition) is 5. The first kappa shape index (κ1) is 14.2. The van der Waals surface area contributed by atoms with Gasteiger partial charge in [-0.05, 0) is 40.2 Å². The van der Waals surface area contributed by atoms with Gasteiger partial charge in [-0.25, -0.2) is 9.97 Å². The molecule has 0 saturated carbocycles. The van der Waals surface area contributed by atoms with Gasteiger partial charge in [0.05, 0.1) is 5.39 Å². The minimum Gasteiger partial charge on any atom is -0.371 e. The van der Waals surface area contributed by atoms with Crippen LogP contribution in [0.3, 0.4) is 0 Å². The van der Waals surface area contributed by atoms with Gasteiger partial charge in [0.1, 0.15) is 16.2 Å². The van der Waals surface area contributed by atoms with Gasteiger partial charge in [-0.15, -0.1) is 11.3 Å². The number of hydrogen-bond donors (Lipinski definition) is 1. The molecule has 2 heterocycles. The fourth-order valence-corrected chi connectivity index (χ4v) is 2.93. The fourth-order valence-electron chi connectivity index (χ4n) is 1.91. The quantitative estimate of drug-likeness (QED) is 0.928. The van der Waals surface area contributed by atoms with Crippen LogP contribution in [0, 0.1) is 13.8 Å². The number of ether oxygens (including phenoxy) is 1. The Morgan fingerprint density at radius 2 is 1.95 bits per heavy atom. The Morgan fingerprint density at radius 3 is 2.53 bits per heavy atom. The molecule has 0 aliphatic carbocycles. The number of nitrogens with one attached hydrogen (secondary N) is 1. The summed E-state index contributed by atoms with van der Waals surface area (Å²) in [4.78, 5) is 11.7. The highest BCUT2D eigenvalue weighted by molar-refractivity contribution is 7.18. The number of thiophene rings is 1. The van der Waals surface area contributed by atoms with E-state index in [1.807, 2.05) is 13.8 Å². The predicted molar refractivity (Wildman–Crippen MR) is 81.1 cm³/mol. The zero-order chi connectivity index (χ0) is 14.2. The van der Waals surface area contributed by atoms with Crippen molar-refractivity contribution in [3.8, 4) is 0 Å². The van der Waals surface area contributed by atoms with E-state index in [1.54, 1.807) is 18.4 Å². The molecule has 2 rings (SSSR count). The normalized spacial score (nSPS) is 12.1. The molecule has 0 atom stereocenters. The van der Waals surface area contributed by atoms with E-state index in [9.17, 15) is 0 Å². The number of methoxy groups -OCH3 is 1. The first-order valence-electron chi connectivity index (χ1n) is 6.48. The van der Waals surface area contributed by atoms with Crippen molar-refractivity contribution in [2.45, 2.75) is 40.2 Å². The Hall–Kier alpha value is -1.20. The Balaban J connectivity index is 2.71. The van der Waals surface area contributed by atoms with Crippen molar-refractivity contribution in [1.82, 2.24) is 9.97 Å². The summed E-state index contributed by atoms with van der Waals surface area (Å²) >= 11 is 1.71. The van der Waals surface area contributed by atoms with Crippen LogP contribution in [0.5, 0.6) is 0 Å². The van der Waals surface area contributed by atoms with Gasteiger partial charge in [-0.3, -0.25) is 0 Å². The van der Waals surface area contributed by atoms with Crippen LogP contribution in [0.4, 0.5) is 5.82 Å². The summed E-state index contributed by atoms with van der Waals surface area (Å²) in [5.41, 5.74) is 0.780. The molecular weight excluding hydrogens is 258 g/mol. The maximum Gasteiger partial charge on any atom is 0.163 e. The molecule has 0 bridgehead atoms. The molecule has 5 heteroatoms. The summed E-state index contributed by atoms with van der Waals surface area (Å²) in [5, 5.41) is 4.48. The molecular formula is C14H21N3OS. The van der Waals surface area contributed by atoms with E-state index in [0.29, 0.717) is 0 Å². The van der Waals surface area contributed by atoms with E-state index in [0.717, 1.165) is 28.4 Å². The van der Waals surface area contributed by atoms with Crippen LogP contribution in [0.2, 0.25) is 0 Å². The molecule has 19 heavy (non-hydrogen) atoms. The highest BCUT2D eigenvalue weighted by Crippen LogP contribution is 2.35. The Bertz CT molecular complexity index is 604. The third kappa shape index (κ3) is 2.44. The number of aryl methyl sites for hydroxylation is 2. The lowest BCUT2D eigenvalue weighted by Gasteiger charge is -2.22. The highest BCUT2D eigenvalue weighted by atomic mass is 32.1. The van der Waals surface area contributed by atoms with Crippen molar-refractivity contribution in [3.63, 3.8) is 0 Å². The minimum absolute atomic E-state index is 0.482. The third-order valence-electron chi connectivity index (χ3n) is 3.42. The first-order valence-corrected chi connectivity index (χ1v) is 7.29. The molecule has 104 valence electrons. The van der Waals surface area contributed by atoms with Crippen molar-refractivity contribution in [2.24, 2.45) is 0 Å². The van der Waals surface area contributed by atoms with Crippen molar-refractivity contribution in [2.75, 3.05) is 19.0 Å². The van der Waals surface area contributed by atoms with Crippen LogP contribution in [-0.4, -0.2) is 23.6 Å². The van der Waals surface area contributed by atoms with Gasteiger partial charge in [0.2, 0.25) is 0 Å². The highest BCUT2D eigenvalue weighted by Gasteiger charge is 2.26. The van der Waals surface area contributed by atoms with Gasteiger partial charge >= 0.3 is 0 Å². The summed E-state index contributed by atoms with van der Waals surface area (Å²) in [7, 11) is 1.69. The molecule has 0 radical (unpaired) electrons. The largest absolute Gasteiger partial charge is 0.371 e. The van der Waals surface area contributed by atoms with E-state index in [2.05, 4.69) is 36.1 Å². The van der Waals surface area contributed by atoms with Crippen LogP contribution in [0.1, 0.15) is 37.0 Å². The Labute approximate surface area is 118 Å². The Kier molecular flexibility index (Phi) is 3.78. The second kappa shape index (κ2) is 5.06. The predicted octanol–water partition coefficient (Wildman–Crippen LogP) is 3.62. The van der Waals surface area contributed by atoms with E-state index in [4.69, 9.17) is 4.74 Å². The number of nitrogens with zero attached hydrogens (tertiary/aromatic N) is 2. The molecule has 0 fully saturated rings. The first-order chi connectivity index (χ1) is 8.90. The molecule has 0 aliphatic heterocycles. The molecule has 0 aliphatic rings. The van der Waals surface area contributed by atoms with E-state index < -0.39 is 5.60 Å². The van der Waals surface area contributed by atoms with Gasteiger partial charge in [-0.2, -0.15) is 0 Å². The summed E-state index contributed by atoms with van der Waals surface area (Å²) in [6.07, 6.45) is 0. The molecule has 2 aromatic rings.